The quantitative estimate of drug-likeness (QED) is 0.474. The highest BCUT2D eigenvalue weighted by molar-refractivity contribution is 7.98. The van der Waals surface area contributed by atoms with E-state index in [1.54, 1.807) is 21.3 Å². The zero-order chi connectivity index (χ0) is 21.1. The lowest BCUT2D eigenvalue weighted by Gasteiger charge is -2.14. The number of nitrogens with one attached hydrogen (secondary N) is 1. The Balaban J connectivity index is 1.88. The van der Waals surface area contributed by atoms with Gasteiger partial charge >= 0.3 is 0 Å². The number of benzene rings is 1. The van der Waals surface area contributed by atoms with Crippen LogP contribution in [0.2, 0.25) is 0 Å². The Labute approximate surface area is 173 Å². The molecular formula is C21H25FN4O2S. The molecule has 3 aromatic rings. The first-order valence-corrected chi connectivity index (χ1v) is 10.7. The van der Waals surface area contributed by atoms with Gasteiger partial charge in [-0.25, -0.2) is 9.37 Å². The Bertz CT molecular complexity index is 1090. The van der Waals surface area contributed by atoms with Gasteiger partial charge in [0, 0.05) is 18.8 Å². The number of aryl methyl sites for hydroxylation is 1. The number of nitrogens with zero attached hydrogens (tertiary/aromatic N) is 3. The highest BCUT2D eigenvalue weighted by atomic mass is 32.2. The molecule has 1 aromatic carbocycles. The van der Waals surface area contributed by atoms with Crippen LogP contribution in [0.1, 0.15) is 25.1 Å². The van der Waals surface area contributed by atoms with E-state index < -0.39 is 0 Å². The average Bonchev–Trinajstić information content (AvgIpc) is 2.98. The second-order valence-electron chi connectivity index (χ2n) is 7.42. The van der Waals surface area contributed by atoms with Gasteiger partial charge in [0.25, 0.3) is 5.56 Å². The molecule has 2 heterocycles. The minimum absolute atomic E-state index is 0.0216. The number of hydrogen-bond acceptors (Lipinski definition) is 4. The molecule has 0 saturated heterocycles. The van der Waals surface area contributed by atoms with Crippen LogP contribution in [0, 0.1) is 18.7 Å². The van der Waals surface area contributed by atoms with Crippen molar-refractivity contribution >= 4 is 28.7 Å². The molecule has 1 N–H and O–H groups in total. The summed E-state index contributed by atoms with van der Waals surface area (Å²) in [5, 5.41) is 3.50. The molecule has 154 valence electrons. The third kappa shape index (κ3) is 4.70. The standard InChI is InChI=1S/C21H25FN4O2S/c1-13(2)11-26-20(28)19-17(24-21(26)29-4)9-14(3)25(19)12-18(27)23-10-15-5-7-16(22)8-6-15/h5-9,13H,10-12H2,1-4H3,(H,23,27). The molecule has 6 nitrogen and oxygen atoms in total. The van der Waals surface area contributed by atoms with E-state index in [0.717, 1.165) is 11.3 Å². The number of amides is 1. The van der Waals surface area contributed by atoms with E-state index in [1.807, 2.05) is 33.1 Å². The molecule has 8 heteroatoms. The van der Waals surface area contributed by atoms with Crippen molar-refractivity contribution in [2.75, 3.05) is 6.26 Å². The van der Waals surface area contributed by atoms with E-state index in [2.05, 4.69) is 10.3 Å². The van der Waals surface area contributed by atoms with Crippen molar-refractivity contribution in [2.45, 2.75) is 45.6 Å². The van der Waals surface area contributed by atoms with Crippen LogP contribution in [0.15, 0.2) is 40.3 Å². The Kier molecular flexibility index (Phi) is 6.42. The zero-order valence-electron chi connectivity index (χ0n) is 17.0. The largest absolute Gasteiger partial charge is 0.350 e. The number of fused-ring (bicyclic) bond motifs is 1. The summed E-state index contributed by atoms with van der Waals surface area (Å²) in [5.74, 6) is -0.246. The van der Waals surface area contributed by atoms with E-state index in [4.69, 9.17) is 0 Å². The van der Waals surface area contributed by atoms with Gasteiger partial charge in [0.1, 0.15) is 17.9 Å². The van der Waals surface area contributed by atoms with Gasteiger partial charge in [0.2, 0.25) is 5.91 Å². The number of halogens is 1. The zero-order valence-corrected chi connectivity index (χ0v) is 17.8. The van der Waals surface area contributed by atoms with Crippen LogP contribution in [0.5, 0.6) is 0 Å². The molecule has 1 amide bonds. The molecule has 3 rings (SSSR count). The molecule has 0 radical (unpaired) electrons. The van der Waals surface area contributed by atoms with Crippen molar-refractivity contribution in [1.29, 1.82) is 0 Å². The highest BCUT2D eigenvalue weighted by Gasteiger charge is 2.18. The van der Waals surface area contributed by atoms with Gasteiger partial charge in [0.05, 0.1) is 5.52 Å². The van der Waals surface area contributed by atoms with Crippen LogP contribution in [0.3, 0.4) is 0 Å². The number of aromatic nitrogens is 3. The maximum Gasteiger partial charge on any atom is 0.278 e. The van der Waals surface area contributed by atoms with Crippen molar-refractivity contribution in [3.63, 3.8) is 0 Å². The molecule has 0 aliphatic heterocycles. The summed E-state index contributed by atoms with van der Waals surface area (Å²) in [4.78, 5) is 30.3. The van der Waals surface area contributed by atoms with E-state index in [-0.39, 0.29) is 23.8 Å². The Morgan fingerprint density at radius 3 is 2.55 bits per heavy atom. The molecule has 0 fully saturated rings. The fourth-order valence-corrected chi connectivity index (χ4v) is 3.80. The Morgan fingerprint density at radius 1 is 1.24 bits per heavy atom. The van der Waals surface area contributed by atoms with Crippen molar-refractivity contribution < 1.29 is 9.18 Å². The molecule has 0 aliphatic rings. The smallest absolute Gasteiger partial charge is 0.278 e. The van der Waals surface area contributed by atoms with Gasteiger partial charge in [0.15, 0.2) is 5.16 Å². The second kappa shape index (κ2) is 8.82. The lowest BCUT2D eigenvalue weighted by Crippen LogP contribution is -2.30. The molecule has 29 heavy (non-hydrogen) atoms. The van der Waals surface area contributed by atoms with Gasteiger partial charge in [-0.2, -0.15) is 0 Å². The summed E-state index contributed by atoms with van der Waals surface area (Å²) in [5.41, 5.74) is 2.52. The van der Waals surface area contributed by atoms with Gasteiger partial charge in [-0.05, 0) is 42.9 Å². The van der Waals surface area contributed by atoms with Gasteiger partial charge < -0.3 is 9.88 Å². The number of carbonyl (C=O) groups is 1. The van der Waals surface area contributed by atoms with Crippen LogP contribution < -0.4 is 10.9 Å². The van der Waals surface area contributed by atoms with Crippen LogP contribution in [0.25, 0.3) is 11.0 Å². The third-order valence-corrected chi connectivity index (χ3v) is 5.29. The first-order chi connectivity index (χ1) is 13.8. The molecule has 0 atom stereocenters. The van der Waals surface area contributed by atoms with Gasteiger partial charge in [-0.15, -0.1) is 0 Å². The normalized spacial score (nSPS) is 11.4. The topological polar surface area (TPSA) is 68.9 Å². The average molecular weight is 417 g/mol. The van der Waals surface area contributed by atoms with Crippen LogP contribution in [-0.2, 0) is 24.4 Å². The second-order valence-corrected chi connectivity index (χ2v) is 8.19. The van der Waals surface area contributed by atoms with Crippen molar-refractivity contribution in [3.8, 4) is 0 Å². The molecule has 0 spiro atoms. The van der Waals surface area contributed by atoms with E-state index in [0.29, 0.717) is 35.2 Å². The minimum atomic E-state index is -0.315. The third-order valence-electron chi connectivity index (χ3n) is 4.61. The molecule has 0 bridgehead atoms. The first kappa shape index (κ1) is 21.1. The maximum absolute atomic E-state index is 13.2. The maximum atomic E-state index is 13.2. The first-order valence-electron chi connectivity index (χ1n) is 9.46. The monoisotopic (exact) mass is 416 g/mol. The number of rotatable bonds is 7. The Hall–Kier alpha value is -2.61. The fraction of sp³-hybridized carbons (Fsp3) is 0.381. The van der Waals surface area contributed by atoms with Crippen LogP contribution in [0.4, 0.5) is 4.39 Å². The van der Waals surface area contributed by atoms with E-state index in [9.17, 15) is 14.0 Å². The van der Waals surface area contributed by atoms with Crippen LogP contribution >= 0.6 is 11.8 Å². The van der Waals surface area contributed by atoms with Crippen molar-refractivity contribution in [3.05, 3.63) is 57.8 Å². The van der Waals surface area contributed by atoms with E-state index >= 15 is 0 Å². The van der Waals surface area contributed by atoms with Crippen molar-refractivity contribution in [1.82, 2.24) is 19.4 Å². The lowest BCUT2D eigenvalue weighted by molar-refractivity contribution is -0.121. The number of carbonyl (C=O) groups excluding carboxylic acids is 1. The molecule has 2 aromatic heterocycles. The number of thioether (sulfide) groups is 1. The summed E-state index contributed by atoms with van der Waals surface area (Å²) < 4.78 is 16.4. The summed E-state index contributed by atoms with van der Waals surface area (Å²) in [7, 11) is 0. The molecular weight excluding hydrogens is 391 g/mol. The number of hydrogen-bond donors (Lipinski definition) is 1. The SMILES string of the molecule is CSc1nc2cc(C)n(CC(=O)NCc3ccc(F)cc3)c2c(=O)n1CC(C)C. The predicted octanol–water partition coefficient (Wildman–Crippen LogP) is 3.34. The lowest BCUT2D eigenvalue weighted by atomic mass is 10.2. The molecule has 0 saturated carbocycles. The molecule has 0 aliphatic carbocycles. The summed E-state index contributed by atoms with van der Waals surface area (Å²) in [6.07, 6.45) is 1.90. The summed E-state index contributed by atoms with van der Waals surface area (Å²) in [6.45, 7) is 6.85. The summed E-state index contributed by atoms with van der Waals surface area (Å²) in [6, 6.07) is 7.81. The minimum Gasteiger partial charge on any atom is -0.350 e. The predicted molar refractivity (Wildman–Crippen MR) is 114 cm³/mol. The van der Waals surface area contributed by atoms with Gasteiger partial charge in [-0.3, -0.25) is 14.2 Å². The molecule has 0 unspecified atom stereocenters. The Morgan fingerprint density at radius 2 is 1.93 bits per heavy atom. The van der Waals surface area contributed by atoms with E-state index in [1.165, 1.54) is 23.9 Å². The summed E-state index contributed by atoms with van der Waals surface area (Å²) >= 11 is 1.44. The highest BCUT2D eigenvalue weighted by Crippen LogP contribution is 2.20. The van der Waals surface area contributed by atoms with Gasteiger partial charge in [-0.1, -0.05) is 37.7 Å². The fourth-order valence-electron chi connectivity index (χ4n) is 3.24. The van der Waals surface area contributed by atoms with Crippen molar-refractivity contribution in [2.24, 2.45) is 5.92 Å². The van der Waals surface area contributed by atoms with Crippen LogP contribution in [-0.4, -0.2) is 26.3 Å².